The zero-order chi connectivity index (χ0) is 19.1. The number of rotatable bonds is 6. The van der Waals surface area contributed by atoms with Gasteiger partial charge in [0.05, 0.1) is 4.92 Å². The molecule has 1 amide bonds. The molecule has 0 atom stereocenters. The number of amides is 1. The van der Waals surface area contributed by atoms with Gasteiger partial charge in [-0.1, -0.05) is 30.3 Å². The molecule has 132 valence electrons. The predicted octanol–water partition coefficient (Wildman–Crippen LogP) is 3.17. The maximum absolute atomic E-state index is 12.0. The Bertz CT molecular complexity index is 898. The van der Waals surface area contributed by atoms with Crippen molar-refractivity contribution in [1.29, 1.82) is 5.26 Å². The van der Waals surface area contributed by atoms with Gasteiger partial charge < -0.3 is 9.64 Å². The summed E-state index contributed by atoms with van der Waals surface area (Å²) in [5.41, 5.74) is 1.19. The summed E-state index contributed by atoms with van der Waals surface area (Å²) in [6, 6.07) is 15.0. The second-order valence-corrected chi connectivity index (χ2v) is 5.62. The van der Waals surface area contributed by atoms with Gasteiger partial charge in [0.1, 0.15) is 24.0 Å². The number of nitro benzene ring substituents is 1. The number of non-ortho nitro benzene ring substituents is 1. The van der Waals surface area contributed by atoms with Gasteiger partial charge in [0.15, 0.2) is 0 Å². The van der Waals surface area contributed by atoms with E-state index < -0.39 is 10.8 Å². The number of benzene rings is 2. The largest absolute Gasteiger partial charge is 0.488 e. The van der Waals surface area contributed by atoms with E-state index in [4.69, 9.17) is 4.74 Å². The second-order valence-electron chi connectivity index (χ2n) is 5.62. The fourth-order valence-corrected chi connectivity index (χ4v) is 2.19. The summed E-state index contributed by atoms with van der Waals surface area (Å²) in [5.74, 6) is 0.0688. The Balaban J connectivity index is 2.24. The monoisotopic (exact) mass is 351 g/mol. The van der Waals surface area contributed by atoms with Crippen molar-refractivity contribution >= 4 is 17.7 Å². The lowest BCUT2D eigenvalue weighted by molar-refractivity contribution is -0.384. The number of para-hydroxylation sites is 1. The SMILES string of the molecule is CN(C)C(=O)/C(C#N)=C/c1ccccc1OCc1cccc([N+](=O)[O-])c1. The van der Waals surface area contributed by atoms with E-state index in [1.165, 1.54) is 23.1 Å². The van der Waals surface area contributed by atoms with Crippen molar-refractivity contribution < 1.29 is 14.5 Å². The minimum atomic E-state index is -0.466. The number of nitrogens with zero attached hydrogens (tertiary/aromatic N) is 3. The molecule has 2 rings (SSSR count). The van der Waals surface area contributed by atoms with E-state index in [0.717, 1.165) is 0 Å². The van der Waals surface area contributed by atoms with Crippen molar-refractivity contribution in [3.8, 4) is 11.8 Å². The molecular weight excluding hydrogens is 334 g/mol. The number of hydrogen-bond acceptors (Lipinski definition) is 5. The highest BCUT2D eigenvalue weighted by atomic mass is 16.6. The highest BCUT2D eigenvalue weighted by Gasteiger charge is 2.13. The van der Waals surface area contributed by atoms with Crippen LogP contribution in [0.3, 0.4) is 0 Å². The molecule has 0 aliphatic carbocycles. The van der Waals surface area contributed by atoms with E-state index in [1.54, 1.807) is 50.5 Å². The average molecular weight is 351 g/mol. The summed E-state index contributed by atoms with van der Waals surface area (Å²) in [6.07, 6.45) is 1.46. The Morgan fingerprint density at radius 2 is 2.00 bits per heavy atom. The molecule has 2 aromatic rings. The van der Waals surface area contributed by atoms with Gasteiger partial charge in [-0.15, -0.1) is 0 Å². The van der Waals surface area contributed by atoms with E-state index in [9.17, 15) is 20.2 Å². The van der Waals surface area contributed by atoms with Crippen molar-refractivity contribution in [2.75, 3.05) is 14.1 Å². The van der Waals surface area contributed by atoms with Gasteiger partial charge in [0.2, 0.25) is 0 Å². The van der Waals surface area contributed by atoms with E-state index in [1.807, 2.05) is 6.07 Å². The first-order chi connectivity index (χ1) is 12.4. The van der Waals surface area contributed by atoms with Crippen LogP contribution in [0.1, 0.15) is 11.1 Å². The van der Waals surface area contributed by atoms with Crippen LogP contribution in [0, 0.1) is 21.4 Å². The minimum absolute atomic E-state index is 0.0115. The molecule has 0 aliphatic rings. The molecule has 0 unspecified atom stereocenters. The maximum atomic E-state index is 12.0. The normalized spacial score (nSPS) is 10.7. The fourth-order valence-electron chi connectivity index (χ4n) is 2.19. The first-order valence-electron chi connectivity index (χ1n) is 7.71. The zero-order valence-corrected chi connectivity index (χ0v) is 14.4. The minimum Gasteiger partial charge on any atom is -0.488 e. The lowest BCUT2D eigenvalue weighted by Crippen LogP contribution is -2.22. The number of carbonyl (C=O) groups excluding carboxylic acids is 1. The third-order valence-corrected chi connectivity index (χ3v) is 3.49. The summed E-state index contributed by atoms with van der Waals surface area (Å²) in [6.45, 7) is 0.121. The number of nitro groups is 1. The first kappa shape index (κ1) is 18.7. The Kier molecular flexibility index (Phi) is 6.06. The maximum Gasteiger partial charge on any atom is 0.269 e. The summed E-state index contributed by atoms with van der Waals surface area (Å²) in [4.78, 5) is 23.7. The fraction of sp³-hybridized carbons (Fsp3) is 0.158. The molecule has 0 bridgehead atoms. The second kappa shape index (κ2) is 8.44. The third kappa shape index (κ3) is 4.68. The molecule has 0 fully saturated rings. The van der Waals surface area contributed by atoms with E-state index >= 15 is 0 Å². The molecule has 7 nitrogen and oxygen atoms in total. The van der Waals surface area contributed by atoms with Crippen molar-refractivity contribution in [2.24, 2.45) is 0 Å². The quantitative estimate of drug-likeness (QED) is 0.345. The van der Waals surface area contributed by atoms with Crippen LogP contribution in [-0.2, 0) is 11.4 Å². The molecule has 0 N–H and O–H groups in total. The molecule has 7 heteroatoms. The summed E-state index contributed by atoms with van der Waals surface area (Å²) in [7, 11) is 3.14. The van der Waals surface area contributed by atoms with Crippen LogP contribution in [0.15, 0.2) is 54.1 Å². The lowest BCUT2D eigenvalue weighted by atomic mass is 10.1. The Labute approximate surface area is 150 Å². The number of hydrogen-bond donors (Lipinski definition) is 0. The average Bonchev–Trinajstić information content (AvgIpc) is 2.64. The van der Waals surface area contributed by atoms with Crippen LogP contribution in [0.5, 0.6) is 5.75 Å². The van der Waals surface area contributed by atoms with Crippen molar-refractivity contribution in [3.05, 3.63) is 75.3 Å². The number of carbonyl (C=O) groups is 1. The van der Waals surface area contributed by atoms with Gasteiger partial charge in [0, 0.05) is 31.8 Å². The number of likely N-dealkylation sites (N-methyl/N-ethyl adjacent to an activating group) is 1. The molecule has 0 aliphatic heterocycles. The van der Waals surface area contributed by atoms with Crippen LogP contribution in [-0.4, -0.2) is 29.8 Å². The topological polar surface area (TPSA) is 96.5 Å². The molecule has 0 saturated heterocycles. The van der Waals surface area contributed by atoms with Crippen LogP contribution < -0.4 is 4.74 Å². The smallest absolute Gasteiger partial charge is 0.269 e. The summed E-state index contributed by atoms with van der Waals surface area (Å²) >= 11 is 0. The molecule has 0 heterocycles. The van der Waals surface area contributed by atoms with Crippen LogP contribution in [0.4, 0.5) is 5.69 Å². The van der Waals surface area contributed by atoms with Crippen LogP contribution >= 0.6 is 0 Å². The van der Waals surface area contributed by atoms with Crippen LogP contribution in [0.2, 0.25) is 0 Å². The lowest BCUT2D eigenvalue weighted by Gasteiger charge is -2.11. The molecular formula is C19H17N3O4. The third-order valence-electron chi connectivity index (χ3n) is 3.49. The number of ether oxygens (including phenoxy) is 1. The van der Waals surface area contributed by atoms with Gasteiger partial charge in [-0.25, -0.2) is 0 Å². The van der Waals surface area contributed by atoms with E-state index in [-0.39, 0.29) is 17.9 Å². The van der Waals surface area contributed by atoms with Gasteiger partial charge >= 0.3 is 0 Å². The molecule has 0 aromatic heterocycles. The van der Waals surface area contributed by atoms with E-state index in [0.29, 0.717) is 16.9 Å². The Morgan fingerprint density at radius 1 is 1.27 bits per heavy atom. The Morgan fingerprint density at radius 3 is 2.65 bits per heavy atom. The molecule has 0 spiro atoms. The van der Waals surface area contributed by atoms with Gasteiger partial charge in [0.25, 0.3) is 11.6 Å². The van der Waals surface area contributed by atoms with E-state index in [2.05, 4.69) is 0 Å². The van der Waals surface area contributed by atoms with Gasteiger partial charge in [-0.3, -0.25) is 14.9 Å². The zero-order valence-electron chi connectivity index (χ0n) is 14.4. The standard InChI is InChI=1S/C19H17N3O4/c1-21(2)19(23)16(12-20)11-15-7-3-4-9-18(15)26-13-14-6-5-8-17(10-14)22(24)25/h3-11H,13H2,1-2H3/b16-11+. The van der Waals surface area contributed by atoms with Crippen LogP contribution in [0.25, 0.3) is 6.08 Å². The van der Waals surface area contributed by atoms with Gasteiger partial charge in [-0.2, -0.15) is 5.26 Å². The van der Waals surface area contributed by atoms with Gasteiger partial charge in [-0.05, 0) is 17.7 Å². The highest BCUT2D eigenvalue weighted by Crippen LogP contribution is 2.23. The highest BCUT2D eigenvalue weighted by molar-refractivity contribution is 6.01. The summed E-state index contributed by atoms with van der Waals surface area (Å²) < 4.78 is 5.74. The molecule has 0 radical (unpaired) electrons. The summed E-state index contributed by atoms with van der Waals surface area (Å²) in [5, 5.41) is 20.1. The molecule has 26 heavy (non-hydrogen) atoms. The molecule has 2 aromatic carbocycles. The Hall–Kier alpha value is -3.66. The predicted molar refractivity (Wildman–Crippen MR) is 96.2 cm³/mol. The van der Waals surface area contributed by atoms with Crippen molar-refractivity contribution in [2.45, 2.75) is 6.61 Å². The first-order valence-corrected chi connectivity index (χ1v) is 7.71. The van der Waals surface area contributed by atoms with Crippen molar-refractivity contribution in [1.82, 2.24) is 4.90 Å². The van der Waals surface area contributed by atoms with Crippen molar-refractivity contribution in [3.63, 3.8) is 0 Å². The molecule has 0 saturated carbocycles. The number of nitriles is 1.